The van der Waals surface area contributed by atoms with Gasteiger partial charge in [-0.25, -0.2) is 14.5 Å². The first kappa shape index (κ1) is 17.9. The van der Waals surface area contributed by atoms with E-state index in [1.54, 1.807) is 16.9 Å². The summed E-state index contributed by atoms with van der Waals surface area (Å²) in [6, 6.07) is 2.77. The zero-order valence-corrected chi connectivity index (χ0v) is 16.3. The number of nitrogens with zero attached hydrogens (tertiary/aromatic N) is 3. The Morgan fingerprint density at radius 2 is 2.17 bits per heavy atom. The van der Waals surface area contributed by atoms with Gasteiger partial charge in [-0.15, -0.1) is 0 Å². The first-order valence-electron chi connectivity index (χ1n) is 7.29. The van der Waals surface area contributed by atoms with Crippen LogP contribution >= 0.6 is 15.9 Å². The lowest BCUT2D eigenvalue weighted by Gasteiger charge is -2.15. The van der Waals surface area contributed by atoms with Crippen LogP contribution in [0.4, 0.5) is 4.79 Å². The van der Waals surface area contributed by atoms with Crippen molar-refractivity contribution >= 4 is 41.0 Å². The summed E-state index contributed by atoms with van der Waals surface area (Å²) in [6.07, 6.45) is 1.05. The van der Waals surface area contributed by atoms with Crippen LogP contribution < -0.4 is 10.1 Å². The van der Waals surface area contributed by atoms with Gasteiger partial charge in [0.05, 0.1) is 10.9 Å². The SMILES string of the molecule is CNC(=O)Oc1cc2c(cn1)c(Br)nn2COCC[Si](C)(C)C. The maximum absolute atomic E-state index is 11.3. The third-order valence-corrected chi connectivity index (χ3v) is 5.47. The number of carbonyl (C=O) groups excluding carboxylic acids is 1. The van der Waals surface area contributed by atoms with E-state index in [9.17, 15) is 4.79 Å². The molecule has 0 aliphatic heterocycles. The second-order valence-corrected chi connectivity index (χ2v) is 12.7. The Morgan fingerprint density at radius 3 is 2.83 bits per heavy atom. The molecule has 0 radical (unpaired) electrons. The van der Waals surface area contributed by atoms with Crippen LogP contribution in [0.15, 0.2) is 16.9 Å². The van der Waals surface area contributed by atoms with E-state index in [1.165, 1.54) is 7.05 Å². The highest BCUT2D eigenvalue weighted by Crippen LogP contribution is 2.25. The van der Waals surface area contributed by atoms with Crippen molar-refractivity contribution in [3.63, 3.8) is 0 Å². The highest BCUT2D eigenvalue weighted by molar-refractivity contribution is 9.10. The number of fused-ring (bicyclic) bond motifs is 1. The van der Waals surface area contributed by atoms with Crippen molar-refractivity contribution in [1.29, 1.82) is 0 Å². The molecule has 0 fully saturated rings. The molecule has 0 aromatic carbocycles. The molecule has 23 heavy (non-hydrogen) atoms. The molecule has 2 aromatic heterocycles. The number of hydrogen-bond donors (Lipinski definition) is 1. The third-order valence-electron chi connectivity index (χ3n) is 3.18. The monoisotopic (exact) mass is 400 g/mol. The Labute approximate surface area is 144 Å². The minimum Gasteiger partial charge on any atom is -0.391 e. The van der Waals surface area contributed by atoms with Crippen LogP contribution in [0.3, 0.4) is 0 Å². The summed E-state index contributed by atoms with van der Waals surface area (Å²) in [6.45, 7) is 7.98. The van der Waals surface area contributed by atoms with Crippen LogP contribution in [0.1, 0.15) is 0 Å². The maximum atomic E-state index is 11.3. The minimum absolute atomic E-state index is 0.215. The molecule has 126 valence electrons. The lowest BCUT2D eigenvalue weighted by atomic mass is 10.3. The minimum atomic E-state index is -1.11. The van der Waals surface area contributed by atoms with Gasteiger partial charge in [-0.1, -0.05) is 19.6 Å². The highest BCUT2D eigenvalue weighted by atomic mass is 79.9. The van der Waals surface area contributed by atoms with Crippen LogP contribution in [0.25, 0.3) is 10.9 Å². The fourth-order valence-corrected chi connectivity index (χ4v) is 3.10. The molecule has 9 heteroatoms. The molecule has 7 nitrogen and oxygen atoms in total. The molecule has 0 aliphatic rings. The van der Waals surface area contributed by atoms with Crippen molar-refractivity contribution in [3.8, 4) is 5.88 Å². The number of ether oxygens (including phenoxy) is 2. The van der Waals surface area contributed by atoms with Crippen molar-refractivity contribution in [3.05, 3.63) is 16.9 Å². The highest BCUT2D eigenvalue weighted by Gasteiger charge is 2.14. The zero-order chi connectivity index (χ0) is 17.0. The molecule has 0 aliphatic carbocycles. The van der Waals surface area contributed by atoms with Crippen molar-refractivity contribution in [2.75, 3.05) is 13.7 Å². The predicted molar refractivity (Wildman–Crippen MR) is 94.4 cm³/mol. The lowest BCUT2D eigenvalue weighted by Crippen LogP contribution is -2.22. The molecule has 0 atom stereocenters. The van der Waals surface area contributed by atoms with E-state index in [1.807, 2.05) is 0 Å². The van der Waals surface area contributed by atoms with Gasteiger partial charge >= 0.3 is 6.09 Å². The number of rotatable bonds is 6. The number of pyridine rings is 1. The van der Waals surface area contributed by atoms with Gasteiger partial charge in [0, 0.05) is 34.0 Å². The number of amides is 1. The molecule has 0 bridgehead atoms. The fourth-order valence-electron chi connectivity index (χ4n) is 1.84. The van der Waals surface area contributed by atoms with E-state index in [-0.39, 0.29) is 5.88 Å². The molecule has 0 saturated carbocycles. The Hall–Kier alpha value is -1.45. The smallest absolute Gasteiger partial charge is 0.391 e. The third kappa shape index (κ3) is 5.01. The predicted octanol–water partition coefficient (Wildman–Crippen LogP) is 3.22. The second-order valence-electron chi connectivity index (χ2n) is 6.32. The summed E-state index contributed by atoms with van der Waals surface area (Å²) in [4.78, 5) is 15.4. The maximum Gasteiger partial charge on any atom is 0.413 e. The Morgan fingerprint density at radius 1 is 1.43 bits per heavy atom. The van der Waals surface area contributed by atoms with Gasteiger partial charge < -0.3 is 14.8 Å². The van der Waals surface area contributed by atoms with Crippen LogP contribution in [0.2, 0.25) is 25.7 Å². The first-order valence-corrected chi connectivity index (χ1v) is 11.8. The summed E-state index contributed by atoms with van der Waals surface area (Å²) in [5.74, 6) is 0.215. The topological polar surface area (TPSA) is 78.3 Å². The molecule has 0 unspecified atom stereocenters. The molecule has 0 spiro atoms. The molecule has 2 rings (SSSR count). The van der Waals surface area contributed by atoms with Gasteiger partial charge in [-0.2, -0.15) is 5.10 Å². The fraction of sp³-hybridized carbons (Fsp3) is 0.500. The van der Waals surface area contributed by atoms with E-state index < -0.39 is 14.2 Å². The average molecular weight is 401 g/mol. The number of carbonyl (C=O) groups is 1. The Bertz CT molecular complexity index is 699. The van der Waals surface area contributed by atoms with Crippen molar-refractivity contribution in [2.45, 2.75) is 32.4 Å². The molecule has 2 heterocycles. The van der Waals surface area contributed by atoms with Gasteiger partial charge in [0.25, 0.3) is 0 Å². The van der Waals surface area contributed by atoms with E-state index >= 15 is 0 Å². The van der Waals surface area contributed by atoms with Crippen LogP contribution in [0.5, 0.6) is 5.88 Å². The van der Waals surface area contributed by atoms with Crippen molar-refractivity contribution in [2.24, 2.45) is 0 Å². The van der Waals surface area contributed by atoms with Crippen LogP contribution in [-0.2, 0) is 11.5 Å². The van der Waals surface area contributed by atoms with Gasteiger partial charge in [0.1, 0.15) is 11.3 Å². The summed E-state index contributed by atoms with van der Waals surface area (Å²) in [7, 11) is 0.380. The number of halogens is 1. The molecule has 0 saturated heterocycles. The zero-order valence-electron chi connectivity index (χ0n) is 13.7. The van der Waals surface area contributed by atoms with Gasteiger partial charge in [0.15, 0.2) is 0 Å². The van der Waals surface area contributed by atoms with Crippen molar-refractivity contribution in [1.82, 2.24) is 20.1 Å². The van der Waals surface area contributed by atoms with Gasteiger partial charge in [-0.3, -0.25) is 0 Å². The summed E-state index contributed by atoms with van der Waals surface area (Å²) in [5.41, 5.74) is 0.791. The Kier molecular flexibility index (Phi) is 5.77. The van der Waals surface area contributed by atoms with Gasteiger partial charge in [0.2, 0.25) is 5.88 Å². The molecule has 2 aromatic rings. The normalized spacial score (nSPS) is 11.7. The van der Waals surface area contributed by atoms with Crippen LogP contribution in [-0.4, -0.2) is 42.6 Å². The number of nitrogens with one attached hydrogen (secondary N) is 1. The number of aromatic nitrogens is 3. The largest absolute Gasteiger partial charge is 0.413 e. The van der Waals surface area contributed by atoms with E-state index in [0.29, 0.717) is 17.9 Å². The van der Waals surface area contributed by atoms with Gasteiger partial charge in [-0.05, 0) is 22.0 Å². The van der Waals surface area contributed by atoms with E-state index in [0.717, 1.165) is 16.9 Å². The average Bonchev–Trinajstić information content (AvgIpc) is 2.78. The molecular formula is C14H21BrN4O3Si. The quantitative estimate of drug-likeness (QED) is 0.594. The number of hydrogen-bond acceptors (Lipinski definition) is 5. The second kappa shape index (κ2) is 7.41. The molecule has 1 amide bonds. The lowest BCUT2D eigenvalue weighted by molar-refractivity contribution is 0.0814. The molecule has 1 N–H and O–H groups in total. The van der Waals surface area contributed by atoms with Crippen LogP contribution in [0, 0.1) is 0 Å². The Balaban J connectivity index is 2.12. The standard InChI is InChI=1S/C14H21BrN4O3Si/c1-16-14(20)22-12-7-11-10(8-17-12)13(15)18-19(11)9-21-5-6-23(2,3)4/h7-8H,5-6,9H2,1-4H3,(H,16,20). The van der Waals surface area contributed by atoms with E-state index in [2.05, 4.69) is 51.0 Å². The summed E-state index contributed by atoms with van der Waals surface area (Å²) < 4.78 is 13.2. The van der Waals surface area contributed by atoms with E-state index in [4.69, 9.17) is 9.47 Å². The summed E-state index contributed by atoms with van der Waals surface area (Å²) >= 11 is 3.41. The molecular weight excluding hydrogens is 380 g/mol. The first-order chi connectivity index (χ1) is 10.8. The van der Waals surface area contributed by atoms with Crippen molar-refractivity contribution < 1.29 is 14.3 Å². The summed E-state index contributed by atoms with van der Waals surface area (Å²) in [5, 5.41) is 7.61.